The van der Waals surface area contributed by atoms with Gasteiger partial charge < -0.3 is 0 Å². The van der Waals surface area contributed by atoms with Gasteiger partial charge in [0.25, 0.3) is 0 Å². The van der Waals surface area contributed by atoms with Crippen LogP contribution in [0.25, 0.3) is 0 Å². The van der Waals surface area contributed by atoms with E-state index >= 15 is 0 Å². The highest BCUT2D eigenvalue weighted by Gasteiger charge is 1.94. The van der Waals surface area contributed by atoms with Gasteiger partial charge in [-0.25, -0.2) is 0 Å². The lowest BCUT2D eigenvalue weighted by Gasteiger charge is -1.93. The topological polar surface area (TPSA) is 14.1 Å². The van der Waals surface area contributed by atoms with Gasteiger partial charge in [0.2, 0.25) is 0 Å². The molecule has 0 aromatic heterocycles. The molecule has 0 aliphatic carbocycles. The summed E-state index contributed by atoms with van der Waals surface area (Å²) in [6.45, 7) is 0. The monoisotopic (exact) mass is 160 g/mol. The van der Waals surface area contributed by atoms with Crippen LogP contribution in [0.3, 0.4) is 0 Å². The Kier molecular flexibility index (Phi) is 2.20. The molecule has 0 unspecified atom stereocenters. The Morgan fingerprint density at radius 1 is 1.22 bits per heavy atom. The normalized spacial score (nSPS) is 9.11. The van der Waals surface area contributed by atoms with E-state index in [1.165, 1.54) is 0 Å². The summed E-state index contributed by atoms with van der Waals surface area (Å²) in [4.78, 5) is 3.41. The minimum Gasteiger partial charge on any atom is -0.176 e. The summed E-state index contributed by atoms with van der Waals surface area (Å²) in [5, 5.41) is 0.576. The quantitative estimate of drug-likeness (QED) is 0.601. The first kappa shape index (κ1) is 6.72. The van der Waals surface area contributed by atoms with Crippen LogP contribution >= 0.6 is 23.4 Å². The molecule has 1 radical (unpaired) electrons. The van der Waals surface area contributed by atoms with E-state index in [1.54, 1.807) is 12.1 Å². The molecule has 1 aromatic carbocycles. The van der Waals surface area contributed by atoms with Crippen molar-refractivity contribution in [3.05, 3.63) is 29.3 Å². The second kappa shape index (κ2) is 2.95. The van der Waals surface area contributed by atoms with E-state index in [0.717, 1.165) is 0 Å². The van der Waals surface area contributed by atoms with E-state index in [4.69, 9.17) is 23.4 Å². The van der Waals surface area contributed by atoms with Crippen molar-refractivity contribution in [2.75, 3.05) is 0 Å². The second-order valence-electron chi connectivity index (χ2n) is 1.54. The van der Waals surface area contributed by atoms with Crippen molar-refractivity contribution >= 4 is 29.1 Å². The zero-order valence-electron chi connectivity index (χ0n) is 4.51. The van der Waals surface area contributed by atoms with E-state index in [-0.39, 0.29) is 0 Å². The minimum absolute atomic E-state index is 0.576. The fraction of sp³-hybridized carbons (Fsp3) is 0. The molecule has 0 bridgehead atoms. The lowest BCUT2D eigenvalue weighted by molar-refractivity contribution is 1.36. The van der Waals surface area contributed by atoms with E-state index < -0.39 is 0 Å². The van der Waals surface area contributed by atoms with Crippen molar-refractivity contribution in [1.82, 2.24) is 4.84 Å². The van der Waals surface area contributed by atoms with Crippen LogP contribution in [0, 0.1) is 0 Å². The highest BCUT2D eigenvalue weighted by molar-refractivity contribution is 6.33. The van der Waals surface area contributed by atoms with E-state index in [2.05, 4.69) is 4.84 Å². The zero-order chi connectivity index (χ0) is 6.69. The van der Waals surface area contributed by atoms with Crippen LogP contribution in [0.5, 0.6) is 0 Å². The van der Waals surface area contributed by atoms with Crippen LogP contribution < -0.4 is 4.84 Å². The molecule has 0 N–H and O–H groups in total. The first-order chi connectivity index (χ1) is 4.34. The predicted molar refractivity (Wildman–Crippen MR) is 39.1 cm³/mol. The third-order valence-electron chi connectivity index (χ3n) is 0.944. The number of hydrogen-bond acceptors (Lipinski definition) is 0. The van der Waals surface area contributed by atoms with Crippen LogP contribution in [0.2, 0.25) is 5.02 Å². The average Bonchev–Trinajstić information content (AvgIpc) is 1.89. The van der Waals surface area contributed by atoms with Gasteiger partial charge in [0.05, 0.1) is 10.7 Å². The molecule has 0 saturated carbocycles. The molecule has 1 aromatic rings. The van der Waals surface area contributed by atoms with Crippen LogP contribution in [0.1, 0.15) is 0 Å². The van der Waals surface area contributed by atoms with Crippen LogP contribution in [-0.4, -0.2) is 0 Å². The number of benzene rings is 1. The average molecular weight is 161 g/mol. The standard InChI is InChI=1S/C6H4Cl2N/c7-5-3-1-2-4-6(5)9-8/h1-4H. The molecular weight excluding hydrogens is 157 g/mol. The highest BCUT2D eigenvalue weighted by atomic mass is 35.5. The first-order valence-corrected chi connectivity index (χ1v) is 3.12. The van der Waals surface area contributed by atoms with Crippen molar-refractivity contribution in [1.29, 1.82) is 0 Å². The summed E-state index contributed by atoms with van der Waals surface area (Å²) in [5.74, 6) is 0. The molecular formula is C6H4Cl2N. The summed E-state index contributed by atoms with van der Waals surface area (Å²) in [6.07, 6.45) is 0. The summed E-state index contributed by atoms with van der Waals surface area (Å²) in [5.41, 5.74) is 0.612. The Labute approximate surface area is 63.7 Å². The molecule has 0 saturated heterocycles. The van der Waals surface area contributed by atoms with Crippen molar-refractivity contribution in [2.24, 2.45) is 0 Å². The fourth-order valence-electron chi connectivity index (χ4n) is 0.520. The van der Waals surface area contributed by atoms with Crippen LogP contribution in [0.4, 0.5) is 5.69 Å². The maximum absolute atomic E-state index is 5.65. The molecule has 0 aliphatic rings. The Morgan fingerprint density at radius 3 is 2.33 bits per heavy atom. The first-order valence-electron chi connectivity index (χ1n) is 2.41. The Hall–Kier alpha value is -0.400. The van der Waals surface area contributed by atoms with Crippen LogP contribution in [0.15, 0.2) is 24.3 Å². The van der Waals surface area contributed by atoms with Gasteiger partial charge in [-0.05, 0) is 12.1 Å². The van der Waals surface area contributed by atoms with Crippen molar-refractivity contribution in [2.45, 2.75) is 0 Å². The van der Waals surface area contributed by atoms with Gasteiger partial charge in [-0.2, -0.15) is 4.84 Å². The molecule has 0 aliphatic heterocycles. The van der Waals surface area contributed by atoms with Gasteiger partial charge in [-0.1, -0.05) is 23.7 Å². The number of hydrogen-bond donors (Lipinski definition) is 0. The number of nitrogens with zero attached hydrogens (tertiary/aromatic N) is 1. The lowest BCUT2D eigenvalue weighted by atomic mass is 10.3. The predicted octanol–water partition coefficient (Wildman–Crippen LogP) is 2.73. The van der Waals surface area contributed by atoms with E-state index in [0.29, 0.717) is 10.7 Å². The molecule has 1 rings (SSSR count). The third kappa shape index (κ3) is 1.50. The highest BCUT2D eigenvalue weighted by Crippen LogP contribution is 2.20. The number of rotatable bonds is 1. The molecule has 1 nitrogen and oxygen atoms in total. The Bertz CT molecular complexity index is 200. The van der Waals surface area contributed by atoms with Gasteiger partial charge >= 0.3 is 0 Å². The summed E-state index contributed by atoms with van der Waals surface area (Å²) in [7, 11) is 0. The maximum Gasteiger partial charge on any atom is 0.0963 e. The molecule has 0 atom stereocenters. The Balaban J connectivity index is 3.01. The summed E-state index contributed by atoms with van der Waals surface area (Å²) >= 11 is 10.8. The zero-order valence-corrected chi connectivity index (χ0v) is 6.02. The van der Waals surface area contributed by atoms with Gasteiger partial charge in [-0.3, -0.25) is 0 Å². The van der Waals surface area contributed by atoms with Gasteiger partial charge in [-0.15, -0.1) is 0 Å². The molecule has 0 spiro atoms. The van der Waals surface area contributed by atoms with Crippen molar-refractivity contribution in [3.63, 3.8) is 0 Å². The van der Waals surface area contributed by atoms with E-state index in [9.17, 15) is 0 Å². The smallest absolute Gasteiger partial charge is 0.0963 e. The van der Waals surface area contributed by atoms with Crippen LogP contribution in [-0.2, 0) is 0 Å². The number of halogens is 2. The largest absolute Gasteiger partial charge is 0.176 e. The second-order valence-corrected chi connectivity index (χ2v) is 2.11. The van der Waals surface area contributed by atoms with Gasteiger partial charge in [0, 0.05) is 11.8 Å². The molecule has 0 heterocycles. The Morgan fingerprint density at radius 2 is 1.89 bits per heavy atom. The fourth-order valence-corrected chi connectivity index (χ4v) is 0.889. The van der Waals surface area contributed by atoms with Crippen molar-refractivity contribution < 1.29 is 0 Å². The molecule has 47 valence electrons. The minimum atomic E-state index is 0.576. The third-order valence-corrected chi connectivity index (χ3v) is 1.45. The SMILES string of the molecule is Cl[N]c1ccccc1Cl. The lowest BCUT2D eigenvalue weighted by Crippen LogP contribution is -1.77. The summed E-state index contributed by atoms with van der Waals surface area (Å²) in [6, 6.07) is 7.14. The van der Waals surface area contributed by atoms with E-state index in [1.807, 2.05) is 12.1 Å². The van der Waals surface area contributed by atoms with Crippen molar-refractivity contribution in [3.8, 4) is 0 Å². The summed E-state index contributed by atoms with van der Waals surface area (Å²) < 4.78 is 0. The van der Waals surface area contributed by atoms with Gasteiger partial charge in [0.15, 0.2) is 0 Å². The molecule has 9 heavy (non-hydrogen) atoms. The maximum atomic E-state index is 5.65. The molecule has 0 amide bonds. The van der Waals surface area contributed by atoms with Gasteiger partial charge in [0.1, 0.15) is 0 Å². The molecule has 0 fully saturated rings. The molecule has 3 heteroatoms.